The summed E-state index contributed by atoms with van der Waals surface area (Å²) in [4.78, 5) is 0. The van der Waals surface area contributed by atoms with Gasteiger partial charge in [0.25, 0.3) is 0 Å². The first-order chi connectivity index (χ1) is 7.67. The summed E-state index contributed by atoms with van der Waals surface area (Å²) in [5.74, 6) is 0. The van der Waals surface area contributed by atoms with Crippen LogP contribution in [0, 0.1) is 5.41 Å². The van der Waals surface area contributed by atoms with Gasteiger partial charge in [-0.25, -0.2) is 0 Å². The molecule has 96 valence electrons. The maximum atomic E-state index is 9.86. The Morgan fingerprint density at radius 1 is 1.19 bits per heavy atom. The number of rotatable bonds is 6. The Morgan fingerprint density at radius 3 is 2.31 bits per heavy atom. The maximum absolute atomic E-state index is 9.86. The number of hydrogen-bond donors (Lipinski definition) is 3. The molecule has 3 heteroatoms. The molecule has 0 amide bonds. The lowest BCUT2D eigenvalue weighted by molar-refractivity contribution is 0.0659. The molecule has 0 spiro atoms. The number of hydrogen-bond acceptors (Lipinski definition) is 3. The van der Waals surface area contributed by atoms with Crippen LogP contribution < -0.4 is 5.32 Å². The fourth-order valence-electron chi connectivity index (χ4n) is 2.48. The highest BCUT2D eigenvalue weighted by atomic mass is 16.3. The van der Waals surface area contributed by atoms with Crippen molar-refractivity contribution >= 4 is 0 Å². The van der Waals surface area contributed by atoms with Crippen LogP contribution in [0.3, 0.4) is 0 Å². The summed E-state index contributed by atoms with van der Waals surface area (Å²) in [6.45, 7) is 5.30. The Morgan fingerprint density at radius 2 is 1.81 bits per heavy atom. The first-order valence-corrected chi connectivity index (χ1v) is 6.69. The first kappa shape index (κ1) is 13.9. The molecular weight excluding hydrogens is 202 g/mol. The number of aliphatic hydroxyl groups is 2. The molecule has 1 saturated carbocycles. The summed E-state index contributed by atoms with van der Waals surface area (Å²) in [6.07, 6.45) is 6.11. The molecule has 0 saturated heterocycles. The van der Waals surface area contributed by atoms with Gasteiger partial charge in [0.15, 0.2) is 0 Å². The lowest BCUT2D eigenvalue weighted by Gasteiger charge is -2.35. The van der Waals surface area contributed by atoms with Crippen molar-refractivity contribution in [1.82, 2.24) is 5.32 Å². The van der Waals surface area contributed by atoms with Gasteiger partial charge in [0.1, 0.15) is 0 Å². The summed E-state index contributed by atoms with van der Waals surface area (Å²) in [5, 5.41) is 22.8. The van der Waals surface area contributed by atoms with Crippen LogP contribution in [0.2, 0.25) is 0 Å². The van der Waals surface area contributed by atoms with E-state index in [1.165, 1.54) is 6.42 Å². The van der Waals surface area contributed by atoms with Gasteiger partial charge in [0, 0.05) is 24.6 Å². The van der Waals surface area contributed by atoms with E-state index in [0.717, 1.165) is 38.6 Å². The maximum Gasteiger partial charge on any atom is 0.0693 e. The minimum absolute atomic E-state index is 0.00281. The number of aliphatic hydroxyl groups excluding tert-OH is 2. The second-order valence-corrected chi connectivity index (χ2v) is 5.20. The van der Waals surface area contributed by atoms with Gasteiger partial charge in [-0.2, -0.15) is 0 Å². The smallest absolute Gasteiger partial charge is 0.0693 e. The van der Waals surface area contributed by atoms with Gasteiger partial charge in [0.2, 0.25) is 0 Å². The van der Waals surface area contributed by atoms with Crippen LogP contribution in [-0.2, 0) is 0 Å². The lowest BCUT2D eigenvalue weighted by atomic mass is 9.82. The van der Waals surface area contributed by atoms with E-state index in [-0.39, 0.29) is 24.2 Å². The first-order valence-electron chi connectivity index (χ1n) is 6.69. The topological polar surface area (TPSA) is 52.5 Å². The molecule has 1 rings (SSSR count). The zero-order valence-corrected chi connectivity index (χ0v) is 10.7. The van der Waals surface area contributed by atoms with E-state index >= 15 is 0 Å². The SMILES string of the molecule is CCC(CC)(CO)CNC1CCCCC1O. The second-order valence-electron chi connectivity index (χ2n) is 5.20. The van der Waals surface area contributed by atoms with Crippen LogP contribution in [0.1, 0.15) is 52.4 Å². The van der Waals surface area contributed by atoms with Crippen molar-refractivity contribution in [3.8, 4) is 0 Å². The van der Waals surface area contributed by atoms with E-state index in [9.17, 15) is 10.2 Å². The van der Waals surface area contributed by atoms with E-state index in [1.807, 2.05) is 0 Å². The zero-order valence-electron chi connectivity index (χ0n) is 10.7. The van der Waals surface area contributed by atoms with E-state index in [0.29, 0.717) is 0 Å². The molecule has 0 aromatic carbocycles. The monoisotopic (exact) mass is 229 g/mol. The molecule has 3 nitrogen and oxygen atoms in total. The van der Waals surface area contributed by atoms with E-state index < -0.39 is 0 Å². The minimum Gasteiger partial charge on any atom is -0.396 e. The van der Waals surface area contributed by atoms with Gasteiger partial charge in [-0.3, -0.25) is 0 Å². The van der Waals surface area contributed by atoms with Gasteiger partial charge in [-0.1, -0.05) is 26.7 Å². The molecule has 0 heterocycles. The number of nitrogens with one attached hydrogen (secondary N) is 1. The summed E-state index contributed by atoms with van der Waals surface area (Å²) < 4.78 is 0. The van der Waals surface area contributed by atoms with E-state index in [1.54, 1.807) is 0 Å². The lowest BCUT2D eigenvalue weighted by Crippen LogP contribution is -2.47. The fraction of sp³-hybridized carbons (Fsp3) is 1.00. The van der Waals surface area contributed by atoms with E-state index in [2.05, 4.69) is 19.2 Å². The Hall–Kier alpha value is -0.120. The van der Waals surface area contributed by atoms with Gasteiger partial charge in [0.05, 0.1) is 6.10 Å². The average Bonchev–Trinajstić information content (AvgIpc) is 2.34. The molecule has 2 atom stereocenters. The normalized spacial score (nSPS) is 27.0. The molecule has 0 radical (unpaired) electrons. The molecule has 0 aliphatic heterocycles. The van der Waals surface area contributed by atoms with Gasteiger partial charge >= 0.3 is 0 Å². The highest BCUT2D eigenvalue weighted by molar-refractivity contribution is 4.85. The zero-order chi connectivity index (χ0) is 12.0. The minimum atomic E-state index is -0.196. The van der Waals surface area contributed by atoms with Crippen LogP contribution >= 0.6 is 0 Å². The molecule has 2 unspecified atom stereocenters. The van der Waals surface area contributed by atoms with Crippen LogP contribution in [-0.4, -0.2) is 35.5 Å². The summed E-state index contributed by atoms with van der Waals surface area (Å²) in [5.41, 5.74) is -0.00281. The standard InChI is InChI=1S/C13H27NO2/c1-3-13(4-2,10-15)9-14-11-7-5-6-8-12(11)16/h11-12,14-16H,3-10H2,1-2H3. The van der Waals surface area contributed by atoms with Crippen LogP contribution in [0.25, 0.3) is 0 Å². The van der Waals surface area contributed by atoms with Gasteiger partial charge in [-0.05, 0) is 25.7 Å². The van der Waals surface area contributed by atoms with Gasteiger partial charge in [-0.15, -0.1) is 0 Å². The third-order valence-electron chi connectivity index (χ3n) is 4.30. The quantitative estimate of drug-likeness (QED) is 0.649. The van der Waals surface area contributed by atoms with Crippen molar-refractivity contribution < 1.29 is 10.2 Å². The average molecular weight is 229 g/mol. The predicted octanol–water partition coefficient (Wildman–Crippen LogP) is 1.68. The highest BCUT2D eigenvalue weighted by Crippen LogP contribution is 2.26. The third kappa shape index (κ3) is 3.44. The van der Waals surface area contributed by atoms with Crippen LogP contribution in [0.15, 0.2) is 0 Å². The Balaban J connectivity index is 2.41. The molecule has 0 aromatic rings. The van der Waals surface area contributed by atoms with Crippen LogP contribution in [0.4, 0.5) is 0 Å². The highest BCUT2D eigenvalue weighted by Gasteiger charge is 2.29. The molecular formula is C13H27NO2. The third-order valence-corrected chi connectivity index (χ3v) is 4.30. The Bertz CT molecular complexity index is 184. The molecule has 16 heavy (non-hydrogen) atoms. The summed E-state index contributed by atoms with van der Waals surface area (Å²) in [6, 6.07) is 0.234. The van der Waals surface area contributed by atoms with Crippen molar-refractivity contribution in [2.75, 3.05) is 13.2 Å². The molecule has 1 aliphatic rings. The van der Waals surface area contributed by atoms with Crippen molar-refractivity contribution in [3.63, 3.8) is 0 Å². The molecule has 0 bridgehead atoms. The van der Waals surface area contributed by atoms with Crippen molar-refractivity contribution in [1.29, 1.82) is 0 Å². The van der Waals surface area contributed by atoms with Crippen LogP contribution in [0.5, 0.6) is 0 Å². The Labute approximate surface area is 99.3 Å². The second kappa shape index (κ2) is 6.58. The predicted molar refractivity (Wildman–Crippen MR) is 66.4 cm³/mol. The van der Waals surface area contributed by atoms with Crippen molar-refractivity contribution in [3.05, 3.63) is 0 Å². The van der Waals surface area contributed by atoms with Crippen molar-refractivity contribution in [2.24, 2.45) is 5.41 Å². The molecule has 1 aliphatic carbocycles. The Kier molecular flexibility index (Phi) is 5.73. The molecule has 3 N–H and O–H groups in total. The largest absolute Gasteiger partial charge is 0.396 e. The van der Waals surface area contributed by atoms with E-state index in [4.69, 9.17) is 0 Å². The van der Waals surface area contributed by atoms with Gasteiger partial charge < -0.3 is 15.5 Å². The molecule has 1 fully saturated rings. The molecule has 0 aromatic heterocycles. The summed E-state index contributed by atoms with van der Waals surface area (Å²) >= 11 is 0. The summed E-state index contributed by atoms with van der Waals surface area (Å²) in [7, 11) is 0. The van der Waals surface area contributed by atoms with Crippen molar-refractivity contribution in [2.45, 2.75) is 64.5 Å². The fourth-order valence-corrected chi connectivity index (χ4v) is 2.48.